The van der Waals surface area contributed by atoms with E-state index in [1.807, 2.05) is 18.9 Å². The third kappa shape index (κ3) is 9.90. The summed E-state index contributed by atoms with van der Waals surface area (Å²) in [5.41, 5.74) is 0.533. The highest BCUT2D eigenvalue weighted by atomic mass is 35.5. The second-order valence-electron chi connectivity index (χ2n) is 8.70. The molecule has 2 aromatic carbocycles. The molecule has 1 atom stereocenters. The zero-order valence-corrected chi connectivity index (χ0v) is 27.1. The molecule has 14 heteroatoms. The first kappa shape index (κ1) is 38.7. The van der Waals surface area contributed by atoms with Crippen LogP contribution in [0.15, 0.2) is 24.3 Å². The molecule has 0 fully saturated rings. The lowest BCUT2D eigenvalue weighted by Crippen LogP contribution is -2.40. The van der Waals surface area contributed by atoms with Gasteiger partial charge in [-0.05, 0) is 37.7 Å². The number of hydrogen-bond donors (Lipinski definition) is 0. The zero-order valence-electron chi connectivity index (χ0n) is 25.5. The lowest BCUT2D eigenvalue weighted by molar-refractivity contribution is -0.0943. The van der Waals surface area contributed by atoms with E-state index in [1.165, 1.54) is 59.9 Å². The molecule has 0 aliphatic heterocycles. The number of ether oxygens (including phenoxy) is 7. The van der Waals surface area contributed by atoms with Gasteiger partial charge in [-0.1, -0.05) is 6.92 Å². The summed E-state index contributed by atoms with van der Waals surface area (Å²) < 4.78 is 37.5. The number of likely N-dealkylation sites (N-methyl/N-ethyl adjacent to an activating group) is 2. The van der Waals surface area contributed by atoms with Crippen LogP contribution in [0.1, 0.15) is 34.1 Å². The standard InChI is InChI=1S/C28H40N2O10.2ClH/c1-10-20(17-39-27(31)18-13-21(33-4)25(37-8)22(14-18)34-5)29(2)11-12-30(3)40-28(32)19-15-23(35-6)26(38-9)24(16-19)36-7;;/h13-16,20H,10-12,17H2,1-9H3;2*1H/t20-;;/m0../s1. The largest absolute Gasteiger partial charge is 0.493 e. The van der Waals surface area contributed by atoms with Gasteiger partial charge in [0.05, 0.1) is 53.8 Å². The summed E-state index contributed by atoms with van der Waals surface area (Å²) in [7, 11) is 12.5. The van der Waals surface area contributed by atoms with Crippen molar-refractivity contribution in [1.29, 1.82) is 0 Å². The number of rotatable bonds is 16. The van der Waals surface area contributed by atoms with Crippen molar-refractivity contribution in [2.75, 3.05) is 76.5 Å². The minimum absolute atomic E-state index is 0. The molecule has 0 N–H and O–H groups in total. The van der Waals surface area contributed by atoms with Crippen LogP contribution in [0.4, 0.5) is 0 Å². The maximum absolute atomic E-state index is 12.8. The monoisotopic (exact) mass is 636 g/mol. The molecule has 0 aliphatic rings. The second kappa shape index (κ2) is 19.0. The fraction of sp³-hybridized carbons (Fsp3) is 0.500. The van der Waals surface area contributed by atoms with Gasteiger partial charge >= 0.3 is 11.9 Å². The Hall–Kier alpha value is -3.32. The van der Waals surface area contributed by atoms with Crippen molar-refractivity contribution in [3.63, 3.8) is 0 Å². The van der Waals surface area contributed by atoms with Gasteiger partial charge in [-0.25, -0.2) is 9.59 Å². The van der Waals surface area contributed by atoms with E-state index < -0.39 is 11.9 Å². The number of methoxy groups -OCH3 is 6. The van der Waals surface area contributed by atoms with E-state index in [-0.39, 0.29) is 48.6 Å². The highest BCUT2D eigenvalue weighted by molar-refractivity contribution is 5.91. The normalized spacial score (nSPS) is 11.0. The van der Waals surface area contributed by atoms with Gasteiger partial charge in [-0.2, -0.15) is 0 Å². The predicted molar refractivity (Wildman–Crippen MR) is 162 cm³/mol. The summed E-state index contributed by atoms with van der Waals surface area (Å²) in [6.07, 6.45) is 0.730. The maximum Gasteiger partial charge on any atom is 0.357 e. The minimum Gasteiger partial charge on any atom is -0.493 e. The van der Waals surface area contributed by atoms with Gasteiger partial charge in [-0.15, -0.1) is 29.9 Å². The molecule has 0 saturated heterocycles. The molecule has 0 amide bonds. The predicted octanol–water partition coefficient (Wildman–Crippen LogP) is 4.15. The van der Waals surface area contributed by atoms with E-state index in [2.05, 4.69) is 0 Å². The van der Waals surface area contributed by atoms with Crippen molar-refractivity contribution in [2.45, 2.75) is 19.4 Å². The minimum atomic E-state index is -0.573. The van der Waals surface area contributed by atoms with Crippen LogP contribution in [0.3, 0.4) is 0 Å². The lowest BCUT2D eigenvalue weighted by atomic mass is 10.1. The molecule has 0 aromatic heterocycles. The van der Waals surface area contributed by atoms with Gasteiger partial charge in [0.2, 0.25) is 11.5 Å². The highest BCUT2D eigenvalue weighted by Gasteiger charge is 2.22. The summed E-state index contributed by atoms with van der Waals surface area (Å²) in [5, 5.41) is 1.44. The molecule has 2 aromatic rings. The van der Waals surface area contributed by atoms with E-state index in [0.29, 0.717) is 47.6 Å². The van der Waals surface area contributed by atoms with Crippen LogP contribution in [0.2, 0.25) is 0 Å². The van der Waals surface area contributed by atoms with Gasteiger partial charge in [0, 0.05) is 26.2 Å². The third-order valence-electron chi connectivity index (χ3n) is 6.31. The summed E-state index contributed by atoms with van der Waals surface area (Å²) >= 11 is 0. The van der Waals surface area contributed by atoms with Crippen LogP contribution in [-0.2, 0) is 9.57 Å². The lowest BCUT2D eigenvalue weighted by Gasteiger charge is -2.28. The molecule has 0 bridgehead atoms. The Morgan fingerprint density at radius 2 is 1.07 bits per heavy atom. The fourth-order valence-corrected chi connectivity index (χ4v) is 3.93. The number of carbonyl (C=O) groups is 2. The Labute approximate surface area is 259 Å². The molecule has 2 rings (SSSR count). The van der Waals surface area contributed by atoms with Crippen LogP contribution < -0.4 is 28.4 Å². The number of hydroxylamine groups is 2. The first-order valence-corrected chi connectivity index (χ1v) is 12.6. The first-order chi connectivity index (χ1) is 19.2. The van der Waals surface area contributed by atoms with Gasteiger partial charge in [0.1, 0.15) is 6.61 Å². The molecule has 0 radical (unpaired) electrons. The number of carbonyl (C=O) groups excluding carboxylic acids is 2. The summed E-state index contributed by atoms with van der Waals surface area (Å²) in [5.74, 6) is 1.12. The van der Waals surface area contributed by atoms with E-state index >= 15 is 0 Å². The van der Waals surface area contributed by atoms with Crippen molar-refractivity contribution in [2.24, 2.45) is 0 Å². The maximum atomic E-state index is 12.8. The van der Waals surface area contributed by atoms with Crippen LogP contribution >= 0.6 is 24.8 Å². The number of esters is 1. The Morgan fingerprint density at radius 3 is 1.43 bits per heavy atom. The van der Waals surface area contributed by atoms with Crippen molar-refractivity contribution >= 4 is 36.8 Å². The fourth-order valence-electron chi connectivity index (χ4n) is 3.93. The highest BCUT2D eigenvalue weighted by Crippen LogP contribution is 2.39. The molecule has 0 spiro atoms. The third-order valence-corrected chi connectivity index (χ3v) is 6.31. The summed E-state index contributed by atoms with van der Waals surface area (Å²) in [6, 6.07) is 6.08. The number of halogens is 2. The van der Waals surface area contributed by atoms with Gasteiger partial charge < -0.3 is 38.0 Å². The first-order valence-electron chi connectivity index (χ1n) is 12.6. The van der Waals surface area contributed by atoms with Gasteiger partial charge in [0.25, 0.3) is 0 Å². The zero-order chi connectivity index (χ0) is 29.8. The van der Waals surface area contributed by atoms with Crippen LogP contribution in [0.5, 0.6) is 34.5 Å². The molecule has 238 valence electrons. The smallest absolute Gasteiger partial charge is 0.357 e. The number of benzene rings is 2. The molecule has 0 heterocycles. The Morgan fingerprint density at radius 1 is 0.667 bits per heavy atom. The summed E-state index contributed by atoms with van der Waals surface area (Å²) in [4.78, 5) is 33.1. The van der Waals surface area contributed by atoms with Crippen LogP contribution in [0.25, 0.3) is 0 Å². The Bertz CT molecular complexity index is 1100. The van der Waals surface area contributed by atoms with E-state index in [0.717, 1.165) is 6.42 Å². The van der Waals surface area contributed by atoms with Crippen LogP contribution in [-0.4, -0.2) is 104 Å². The quantitative estimate of drug-likeness (QED) is 0.195. The van der Waals surface area contributed by atoms with Crippen LogP contribution in [0, 0.1) is 0 Å². The van der Waals surface area contributed by atoms with E-state index in [1.54, 1.807) is 19.2 Å². The molecule has 0 unspecified atom stereocenters. The topological polar surface area (TPSA) is 114 Å². The van der Waals surface area contributed by atoms with E-state index in [9.17, 15) is 9.59 Å². The average molecular weight is 638 g/mol. The van der Waals surface area contributed by atoms with Crippen molar-refractivity contribution in [3.8, 4) is 34.5 Å². The Balaban J connectivity index is 0.00000840. The van der Waals surface area contributed by atoms with Crippen molar-refractivity contribution < 1.29 is 47.6 Å². The molecule has 0 saturated carbocycles. The number of nitrogens with zero attached hydrogens (tertiary/aromatic N) is 2. The molecule has 0 aliphatic carbocycles. The molecular weight excluding hydrogens is 595 g/mol. The van der Waals surface area contributed by atoms with Gasteiger partial charge in [-0.3, -0.25) is 4.90 Å². The molecular formula is C28H42Cl2N2O10. The van der Waals surface area contributed by atoms with Gasteiger partial charge in [0.15, 0.2) is 23.0 Å². The molecule has 42 heavy (non-hydrogen) atoms. The van der Waals surface area contributed by atoms with Crippen molar-refractivity contribution in [3.05, 3.63) is 35.4 Å². The second-order valence-corrected chi connectivity index (χ2v) is 8.70. The average Bonchev–Trinajstić information content (AvgIpc) is 2.98. The summed E-state index contributed by atoms with van der Waals surface area (Å²) in [6.45, 7) is 3.11. The Kier molecular flexibility index (Phi) is 17.5. The SMILES string of the molecule is CC[C@@H](COC(=O)c1cc(OC)c(OC)c(OC)c1)N(C)CCN(C)OC(=O)c1cc(OC)c(OC)c(OC)c1.Cl.Cl. The number of hydrogen-bond acceptors (Lipinski definition) is 12. The van der Waals surface area contributed by atoms with E-state index in [4.69, 9.17) is 38.0 Å². The molecule has 12 nitrogen and oxygen atoms in total. The van der Waals surface area contributed by atoms with Crippen molar-refractivity contribution in [1.82, 2.24) is 9.96 Å².